The Morgan fingerprint density at radius 2 is 1.53 bits per heavy atom. The van der Waals surface area contributed by atoms with Crippen LogP contribution in [0.15, 0.2) is 78.9 Å². The molecule has 246 valence electrons. The highest BCUT2D eigenvalue weighted by atomic mass is 16.6. The Hall–Kier alpha value is -4.66. The third kappa shape index (κ3) is 6.35. The summed E-state index contributed by atoms with van der Waals surface area (Å²) in [6.07, 6.45) is 2.71. The molecule has 2 amide bonds. The van der Waals surface area contributed by atoms with Gasteiger partial charge >= 0.3 is 18.0 Å². The molecular weight excluding hydrogens is 596 g/mol. The van der Waals surface area contributed by atoms with Gasteiger partial charge in [-0.25, -0.2) is 14.4 Å². The summed E-state index contributed by atoms with van der Waals surface area (Å²) in [6.45, 7) is 3.36. The van der Waals surface area contributed by atoms with Crippen LogP contribution in [-0.2, 0) is 30.3 Å². The zero-order valence-corrected chi connectivity index (χ0v) is 26.9. The van der Waals surface area contributed by atoms with Gasteiger partial charge in [-0.2, -0.15) is 0 Å². The second kappa shape index (κ2) is 14.0. The number of amides is 2. The molecule has 9 nitrogen and oxygen atoms in total. The van der Waals surface area contributed by atoms with E-state index in [1.807, 2.05) is 66.7 Å². The SMILES string of the molecule is CCOC(=O)[C@@H](CCc1ccccc1)N(C(=O)OCC1c2ccccc2-c2ccccc21)[C@H](C)C(=O)N1[C@@H]2CCC[C@H]2C[C@H]1C(=O)O. The molecular formula is C38H42N2O7. The van der Waals surface area contributed by atoms with E-state index in [1.54, 1.807) is 13.8 Å². The smallest absolute Gasteiger partial charge is 0.411 e. The van der Waals surface area contributed by atoms with Gasteiger partial charge in [0.1, 0.15) is 24.7 Å². The van der Waals surface area contributed by atoms with Crippen molar-refractivity contribution in [3.05, 3.63) is 95.6 Å². The minimum absolute atomic E-state index is 0.00463. The summed E-state index contributed by atoms with van der Waals surface area (Å²) >= 11 is 0. The predicted octanol–water partition coefficient (Wildman–Crippen LogP) is 6.04. The summed E-state index contributed by atoms with van der Waals surface area (Å²) in [6, 6.07) is 22.1. The second-order valence-corrected chi connectivity index (χ2v) is 12.8. The number of aryl methyl sites for hydroxylation is 1. The summed E-state index contributed by atoms with van der Waals surface area (Å²) in [5, 5.41) is 10.1. The third-order valence-corrected chi connectivity index (χ3v) is 10.1. The van der Waals surface area contributed by atoms with Crippen molar-refractivity contribution in [3.63, 3.8) is 0 Å². The first-order valence-electron chi connectivity index (χ1n) is 16.7. The van der Waals surface area contributed by atoms with Crippen molar-refractivity contribution in [2.75, 3.05) is 13.2 Å². The number of hydrogen-bond acceptors (Lipinski definition) is 6. The lowest BCUT2D eigenvalue weighted by molar-refractivity contribution is -0.156. The van der Waals surface area contributed by atoms with Crippen LogP contribution in [0.4, 0.5) is 4.79 Å². The number of carboxylic acid groups (broad SMARTS) is 1. The molecule has 3 aliphatic rings. The van der Waals surface area contributed by atoms with Gasteiger partial charge in [-0.15, -0.1) is 0 Å². The molecule has 0 radical (unpaired) electrons. The van der Waals surface area contributed by atoms with E-state index in [2.05, 4.69) is 12.1 Å². The van der Waals surface area contributed by atoms with Gasteiger partial charge in [0.05, 0.1) is 6.61 Å². The zero-order valence-electron chi connectivity index (χ0n) is 26.9. The molecule has 1 saturated carbocycles. The van der Waals surface area contributed by atoms with E-state index < -0.39 is 42.1 Å². The number of ether oxygens (including phenoxy) is 2. The second-order valence-electron chi connectivity index (χ2n) is 12.8. The standard InChI is InChI=1S/C38H42N2O7/c1-3-46-37(44)33(21-20-25-12-5-4-6-13-25)39(24(2)35(41)40-32-19-11-14-26(32)22-34(40)36(42)43)38(45)47-23-31-29-17-9-7-15-27(29)28-16-8-10-18-30(28)31/h4-10,12-13,15-18,24,26,31-34H,3,11,14,19-23H2,1-2H3,(H,42,43)/t24-,26+,32-,33-,34+/m1/s1. The molecule has 47 heavy (non-hydrogen) atoms. The van der Waals surface area contributed by atoms with E-state index in [0.717, 1.165) is 40.7 Å². The molecule has 3 aromatic carbocycles. The molecule has 2 aliphatic carbocycles. The molecule has 0 unspecified atom stereocenters. The largest absolute Gasteiger partial charge is 0.480 e. The summed E-state index contributed by atoms with van der Waals surface area (Å²) < 4.78 is 11.5. The van der Waals surface area contributed by atoms with Gasteiger partial charge in [-0.3, -0.25) is 9.69 Å². The maximum atomic E-state index is 14.4. The normalized spacial score (nSPS) is 20.9. The Kier molecular flexibility index (Phi) is 9.61. The highest BCUT2D eigenvalue weighted by molar-refractivity contribution is 5.92. The molecule has 0 aromatic heterocycles. The van der Waals surface area contributed by atoms with E-state index in [4.69, 9.17) is 9.47 Å². The van der Waals surface area contributed by atoms with Crippen molar-refractivity contribution in [2.24, 2.45) is 5.92 Å². The topological polar surface area (TPSA) is 113 Å². The lowest BCUT2D eigenvalue weighted by Gasteiger charge is -2.38. The van der Waals surface area contributed by atoms with E-state index in [-0.39, 0.29) is 37.5 Å². The number of esters is 1. The van der Waals surface area contributed by atoms with Gasteiger partial charge in [-0.1, -0.05) is 85.3 Å². The molecule has 3 aromatic rings. The van der Waals surface area contributed by atoms with Gasteiger partial charge in [-0.05, 0) is 79.7 Å². The fourth-order valence-electron chi connectivity index (χ4n) is 7.94. The number of carbonyl (C=O) groups excluding carboxylic acids is 3. The zero-order chi connectivity index (χ0) is 33.1. The number of aliphatic carboxylic acids is 1. The van der Waals surface area contributed by atoms with Crippen LogP contribution in [0, 0.1) is 5.92 Å². The summed E-state index contributed by atoms with van der Waals surface area (Å²) in [5.74, 6) is -2.30. The molecule has 1 heterocycles. The number of carboxylic acids is 1. The van der Waals surface area contributed by atoms with Crippen molar-refractivity contribution >= 4 is 23.9 Å². The first-order valence-corrected chi connectivity index (χ1v) is 16.7. The molecule has 1 saturated heterocycles. The van der Waals surface area contributed by atoms with Gasteiger partial charge in [0.2, 0.25) is 5.91 Å². The average Bonchev–Trinajstić information content (AvgIpc) is 3.77. The molecule has 9 heteroatoms. The van der Waals surface area contributed by atoms with Crippen molar-refractivity contribution in [1.82, 2.24) is 9.80 Å². The maximum absolute atomic E-state index is 14.4. The van der Waals surface area contributed by atoms with Crippen molar-refractivity contribution < 1.29 is 33.8 Å². The number of rotatable bonds is 11. The molecule has 5 atom stereocenters. The predicted molar refractivity (Wildman–Crippen MR) is 176 cm³/mol. The van der Waals surface area contributed by atoms with Crippen molar-refractivity contribution in [1.29, 1.82) is 0 Å². The van der Waals surface area contributed by atoms with Crippen LogP contribution < -0.4 is 0 Å². The van der Waals surface area contributed by atoms with Crippen LogP contribution in [0.3, 0.4) is 0 Å². The van der Waals surface area contributed by atoms with Gasteiger partial charge in [0.25, 0.3) is 0 Å². The first-order chi connectivity index (χ1) is 22.8. The Balaban J connectivity index is 1.32. The highest BCUT2D eigenvalue weighted by Gasteiger charge is 2.51. The minimum Gasteiger partial charge on any atom is -0.480 e. The van der Waals surface area contributed by atoms with Crippen LogP contribution in [0.5, 0.6) is 0 Å². The van der Waals surface area contributed by atoms with E-state index in [9.17, 15) is 24.3 Å². The molecule has 1 N–H and O–H groups in total. The summed E-state index contributed by atoms with van der Waals surface area (Å²) in [5.41, 5.74) is 5.20. The number of carbonyl (C=O) groups is 4. The molecule has 6 rings (SSSR count). The number of likely N-dealkylation sites (tertiary alicyclic amines) is 1. The summed E-state index contributed by atoms with van der Waals surface area (Å²) in [7, 11) is 0. The number of nitrogens with zero attached hydrogens (tertiary/aromatic N) is 2. The number of hydrogen-bond donors (Lipinski definition) is 1. The Labute approximate surface area is 275 Å². The fraction of sp³-hybridized carbons (Fsp3) is 0.421. The fourth-order valence-corrected chi connectivity index (χ4v) is 7.94. The van der Waals surface area contributed by atoms with Crippen LogP contribution in [-0.4, -0.2) is 76.2 Å². The van der Waals surface area contributed by atoms with Crippen LogP contribution in [0.1, 0.15) is 68.6 Å². The summed E-state index contributed by atoms with van der Waals surface area (Å²) in [4.78, 5) is 57.3. The van der Waals surface area contributed by atoms with E-state index in [1.165, 1.54) is 9.80 Å². The highest BCUT2D eigenvalue weighted by Crippen LogP contribution is 2.45. The molecule has 2 fully saturated rings. The maximum Gasteiger partial charge on any atom is 0.411 e. The lowest BCUT2D eigenvalue weighted by atomic mass is 9.98. The van der Waals surface area contributed by atoms with Crippen molar-refractivity contribution in [3.8, 4) is 11.1 Å². The first kappa shape index (κ1) is 32.3. The third-order valence-electron chi connectivity index (χ3n) is 10.1. The molecule has 0 bridgehead atoms. The Morgan fingerprint density at radius 1 is 0.894 bits per heavy atom. The van der Waals surface area contributed by atoms with Gasteiger partial charge < -0.3 is 19.5 Å². The number of benzene rings is 3. The van der Waals surface area contributed by atoms with E-state index in [0.29, 0.717) is 19.3 Å². The lowest BCUT2D eigenvalue weighted by Crippen LogP contribution is -2.58. The average molecular weight is 639 g/mol. The Morgan fingerprint density at radius 3 is 2.17 bits per heavy atom. The molecule has 0 spiro atoms. The Bertz CT molecular complexity index is 1580. The number of fused-ring (bicyclic) bond motifs is 4. The molecule has 1 aliphatic heterocycles. The van der Waals surface area contributed by atoms with Crippen molar-refractivity contribution in [2.45, 2.75) is 82.5 Å². The van der Waals surface area contributed by atoms with Gasteiger partial charge in [0.15, 0.2) is 0 Å². The van der Waals surface area contributed by atoms with Crippen LogP contribution in [0.25, 0.3) is 11.1 Å². The van der Waals surface area contributed by atoms with Gasteiger partial charge in [0, 0.05) is 12.0 Å². The van der Waals surface area contributed by atoms with Crippen LogP contribution in [0.2, 0.25) is 0 Å². The monoisotopic (exact) mass is 638 g/mol. The quantitative estimate of drug-likeness (QED) is 0.255. The van der Waals surface area contributed by atoms with Crippen LogP contribution >= 0.6 is 0 Å². The van der Waals surface area contributed by atoms with E-state index >= 15 is 0 Å². The minimum atomic E-state index is -1.17.